The van der Waals surface area contributed by atoms with Crippen LogP contribution in [0, 0.1) is 5.82 Å². The summed E-state index contributed by atoms with van der Waals surface area (Å²) < 4.78 is 18.6. The van der Waals surface area contributed by atoms with Gasteiger partial charge in [-0.3, -0.25) is 0 Å². The molecule has 0 bridgehead atoms. The summed E-state index contributed by atoms with van der Waals surface area (Å²) in [5.41, 5.74) is 0.741. The van der Waals surface area contributed by atoms with Gasteiger partial charge in [0.05, 0.1) is 11.7 Å². The standard InChI is InChI=1S/C18H19FO2/c1-18(20,12-13-2-6-15(19)7-3-13)14-4-8-16(9-5-14)21-17-10-11-17/h2-9,17,20H,10-12H2,1H3. The fourth-order valence-corrected chi connectivity index (χ4v) is 2.37. The average molecular weight is 286 g/mol. The topological polar surface area (TPSA) is 29.5 Å². The third kappa shape index (κ3) is 3.61. The van der Waals surface area contributed by atoms with E-state index in [9.17, 15) is 9.50 Å². The number of halogens is 1. The van der Waals surface area contributed by atoms with E-state index in [1.807, 2.05) is 24.3 Å². The zero-order chi connectivity index (χ0) is 14.9. The monoisotopic (exact) mass is 286 g/mol. The van der Waals surface area contributed by atoms with Gasteiger partial charge in [0.1, 0.15) is 11.6 Å². The summed E-state index contributed by atoms with van der Waals surface area (Å²) in [4.78, 5) is 0. The van der Waals surface area contributed by atoms with E-state index in [0.29, 0.717) is 12.5 Å². The van der Waals surface area contributed by atoms with Crippen molar-refractivity contribution in [3.8, 4) is 5.75 Å². The van der Waals surface area contributed by atoms with Crippen LogP contribution in [0.1, 0.15) is 30.9 Å². The van der Waals surface area contributed by atoms with E-state index < -0.39 is 5.60 Å². The van der Waals surface area contributed by atoms with E-state index in [2.05, 4.69) is 0 Å². The van der Waals surface area contributed by atoms with Crippen LogP contribution in [0.4, 0.5) is 4.39 Å². The van der Waals surface area contributed by atoms with Gasteiger partial charge >= 0.3 is 0 Å². The van der Waals surface area contributed by atoms with Crippen LogP contribution in [0.25, 0.3) is 0 Å². The average Bonchev–Trinajstić information content (AvgIpc) is 3.26. The highest BCUT2D eigenvalue weighted by molar-refractivity contribution is 5.32. The zero-order valence-electron chi connectivity index (χ0n) is 12.1. The molecule has 0 saturated heterocycles. The first kappa shape index (κ1) is 14.1. The summed E-state index contributed by atoms with van der Waals surface area (Å²) in [6, 6.07) is 13.8. The van der Waals surface area contributed by atoms with Crippen LogP contribution in [0.2, 0.25) is 0 Å². The molecule has 110 valence electrons. The second-order valence-electron chi connectivity index (χ2n) is 5.92. The first-order valence-corrected chi connectivity index (χ1v) is 7.27. The summed E-state index contributed by atoms with van der Waals surface area (Å²) in [5, 5.41) is 10.7. The molecule has 1 aliphatic carbocycles. The van der Waals surface area contributed by atoms with Gasteiger partial charge in [-0.15, -0.1) is 0 Å². The van der Waals surface area contributed by atoms with Crippen LogP contribution >= 0.6 is 0 Å². The van der Waals surface area contributed by atoms with Crippen LogP contribution in [0.5, 0.6) is 5.75 Å². The predicted octanol–water partition coefficient (Wildman–Crippen LogP) is 3.82. The highest BCUT2D eigenvalue weighted by Crippen LogP contribution is 2.30. The van der Waals surface area contributed by atoms with Crippen molar-refractivity contribution >= 4 is 0 Å². The summed E-state index contributed by atoms with van der Waals surface area (Å²) in [6.45, 7) is 1.77. The van der Waals surface area contributed by atoms with Crippen LogP contribution < -0.4 is 4.74 Å². The molecule has 21 heavy (non-hydrogen) atoms. The molecule has 0 amide bonds. The lowest BCUT2D eigenvalue weighted by Crippen LogP contribution is -2.24. The number of hydrogen-bond acceptors (Lipinski definition) is 2. The Morgan fingerprint density at radius 2 is 1.71 bits per heavy atom. The number of rotatable bonds is 5. The van der Waals surface area contributed by atoms with Gasteiger partial charge in [0, 0.05) is 6.42 Å². The van der Waals surface area contributed by atoms with Crippen LogP contribution in [0.3, 0.4) is 0 Å². The zero-order valence-corrected chi connectivity index (χ0v) is 12.1. The second kappa shape index (κ2) is 5.49. The maximum Gasteiger partial charge on any atom is 0.123 e. The molecule has 1 saturated carbocycles. The van der Waals surface area contributed by atoms with E-state index in [4.69, 9.17) is 4.74 Å². The smallest absolute Gasteiger partial charge is 0.123 e. The molecule has 3 rings (SSSR count). The van der Waals surface area contributed by atoms with Gasteiger partial charge in [-0.05, 0) is 55.2 Å². The van der Waals surface area contributed by atoms with Crippen molar-refractivity contribution in [2.24, 2.45) is 0 Å². The second-order valence-corrected chi connectivity index (χ2v) is 5.92. The van der Waals surface area contributed by atoms with E-state index in [0.717, 1.165) is 29.7 Å². The van der Waals surface area contributed by atoms with Crippen molar-refractivity contribution in [3.05, 3.63) is 65.5 Å². The molecule has 1 fully saturated rings. The van der Waals surface area contributed by atoms with Gasteiger partial charge in [-0.1, -0.05) is 24.3 Å². The van der Waals surface area contributed by atoms with Crippen molar-refractivity contribution in [1.29, 1.82) is 0 Å². The largest absolute Gasteiger partial charge is 0.490 e. The Kier molecular flexibility index (Phi) is 3.68. The molecule has 0 heterocycles. The predicted molar refractivity (Wildman–Crippen MR) is 79.8 cm³/mol. The number of ether oxygens (including phenoxy) is 1. The maximum atomic E-state index is 12.9. The fourth-order valence-electron chi connectivity index (χ4n) is 2.37. The summed E-state index contributed by atoms with van der Waals surface area (Å²) >= 11 is 0. The van der Waals surface area contributed by atoms with Gasteiger partial charge < -0.3 is 9.84 Å². The van der Waals surface area contributed by atoms with Gasteiger partial charge in [-0.2, -0.15) is 0 Å². The molecule has 2 aromatic carbocycles. The first-order valence-electron chi connectivity index (χ1n) is 7.27. The van der Waals surface area contributed by atoms with Gasteiger partial charge in [0.25, 0.3) is 0 Å². The normalized spacial score (nSPS) is 17.3. The molecular weight excluding hydrogens is 267 g/mol. The van der Waals surface area contributed by atoms with Crippen molar-refractivity contribution < 1.29 is 14.2 Å². The summed E-state index contributed by atoms with van der Waals surface area (Å²) in [7, 11) is 0. The van der Waals surface area contributed by atoms with Crippen LogP contribution in [0.15, 0.2) is 48.5 Å². The molecule has 0 radical (unpaired) electrons. The maximum absolute atomic E-state index is 12.9. The van der Waals surface area contributed by atoms with E-state index in [1.54, 1.807) is 19.1 Å². The summed E-state index contributed by atoms with van der Waals surface area (Å²) in [5.74, 6) is 0.582. The molecule has 1 aliphatic rings. The molecule has 0 aromatic heterocycles. The molecule has 1 unspecified atom stereocenters. The molecule has 0 spiro atoms. The Bertz CT molecular complexity index is 598. The lowest BCUT2D eigenvalue weighted by molar-refractivity contribution is 0.0575. The molecule has 0 aliphatic heterocycles. The summed E-state index contributed by atoms with van der Waals surface area (Å²) in [6.07, 6.45) is 3.07. The van der Waals surface area contributed by atoms with Gasteiger partial charge in [-0.25, -0.2) is 4.39 Å². The van der Waals surface area contributed by atoms with Crippen molar-refractivity contribution in [3.63, 3.8) is 0 Å². The third-order valence-corrected chi connectivity index (χ3v) is 3.76. The van der Waals surface area contributed by atoms with E-state index in [1.165, 1.54) is 12.1 Å². The Balaban J connectivity index is 1.71. The quantitative estimate of drug-likeness (QED) is 0.905. The van der Waals surface area contributed by atoms with Crippen molar-refractivity contribution in [2.45, 2.75) is 37.9 Å². The minimum Gasteiger partial charge on any atom is -0.490 e. The van der Waals surface area contributed by atoms with Crippen molar-refractivity contribution in [2.75, 3.05) is 0 Å². The van der Waals surface area contributed by atoms with E-state index >= 15 is 0 Å². The Hall–Kier alpha value is -1.87. The van der Waals surface area contributed by atoms with Gasteiger partial charge in [0.15, 0.2) is 0 Å². The highest BCUT2D eigenvalue weighted by Gasteiger charge is 2.25. The Morgan fingerprint density at radius 3 is 2.29 bits per heavy atom. The molecule has 1 atom stereocenters. The SMILES string of the molecule is CC(O)(Cc1ccc(F)cc1)c1ccc(OC2CC2)cc1. The number of benzene rings is 2. The molecule has 1 N–H and O–H groups in total. The minimum atomic E-state index is -0.990. The molecular formula is C18H19FO2. The molecule has 2 aromatic rings. The van der Waals surface area contributed by atoms with Gasteiger partial charge in [0.2, 0.25) is 0 Å². The number of aliphatic hydroxyl groups is 1. The van der Waals surface area contributed by atoms with Crippen LogP contribution in [-0.2, 0) is 12.0 Å². The van der Waals surface area contributed by atoms with Crippen LogP contribution in [-0.4, -0.2) is 11.2 Å². The molecule has 2 nitrogen and oxygen atoms in total. The third-order valence-electron chi connectivity index (χ3n) is 3.76. The minimum absolute atomic E-state index is 0.264. The Morgan fingerprint density at radius 1 is 1.10 bits per heavy atom. The number of hydrogen-bond donors (Lipinski definition) is 1. The Labute approximate surface area is 124 Å². The molecule has 3 heteroatoms. The van der Waals surface area contributed by atoms with E-state index in [-0.39, 0.29) is 5.82 Å². The lowest BCUT2D eigenvalue weighted by Gasteiger charge is -2.24. The lowest BCUT2D eigenvalue weighted by atomic mass is 9.89. The highest BCUT2D eigenvalue weighted by atomic mass is 19.1. The first-order chi connectivity index (χ1) is 10.0. The van der Waals surface area contributed by atoms with Crippen molar-refractivity contribution in [1.82, 2.24) is 0 Å². The fraction of sp³-hybridized carbons (Fsp3) is 0.333.